The topological polar surface area (TPSA) is 72.7 Å². The first-order valence-electron chi connectivity index (χ1n) is 6.41. The molecule has 1 aromatic carbocycles. The number of tetrazole rings is 1. The summed E-state index contributed by atoms with van der Waals surface area (Å²) in [4.78, 5) is 12.1. The largest absolute Gasteiger partial charge is 0.293 e. The molecule has 1 N–H and O–H groups in total. The SMILES string of the molecule is CCn1nnnc1NC(=O)C(C)Cc1cccc(Cl)c1. The van der Waals surface area contributed by atoms with E-state index in [0.717, 1.165) is 5.56 Å². The fourth-order valence-corrected chi connectivity index (χ4v) is 2.06. The molecule has 2 rings (SSSR count). The standard InChI is InChI=1S/C13H16ClN5O/c1-3-19-13(16-17-18-19)15-12(20)9(2)7-10-5-4-6-11(14)8-10/h4-6,8-9H,3,7H2,1-2H3,(H,15,16,18,20). The molecule has 0 aliphatic heterocycles. The summed E-state index contributed by atoms with van der Waals surface area (Å²) < 4.78 is 1.53. The molecule has 0 aliphatic carbocycles. The monoisotopic (exact) mass is 293 g/mol. The second kappa shape index (κ2) is 6.47. The summed E-state index contributed by atoms with van der Waals surface area (Å²) in [5.74, 6) is 0.0559. The summed E-state index contributed by atoms with van der Waals surface area (Å²) in [6.07, 6.45) is 0.611. The van der Waals surface area contributed by atoms with Gasteiger partial charge in [-0.1, -0.05) is 35.8 Å². The number of carbonyl (C=O) groups is 1. The van der Waals surface area contributed by atoms with Gasteiger partial charge in [0.15, 0.2) is 0 Å². The van der Waals surface area contributed by atoms with Crippen molar-refractivity contribution in [3.05, 3.63) is 34.9 Å². The third-order valence-corrected chi connectivity index (χ3v) is 3.18. The summed E-state index contributed by atoms with van der Waals surface area (Å²) in [6.45, 7) is 4.36. The van der Waals surface area contributed by atoms with E-state index in [2.05, 4.69) is 20.8 Å². The lowest BCUT2D eigenvalue weighted by atomic mass is 10.0. The van der Waals surface area contributed by atoms with Crippen molar-refractivity contribution in [2.45, 2.75) is 26.8 Å². The van der Waals surface area contributed by atoms with Crippen molar-refractivity contribution in [2.24, 2.45) is 5.92 Å². The van der Waals surface area contributed by atoms with Gasteiger partial charge in [-0.2, -0.15) is 0 Å². The Morgan fingerprint density at radius 3 is 3.00 bits per heavy atom. The van der Waals surface area contributed by atoms with E-state index in [1.165, 1.54) is 4.68 Å². The van der Waals surface area contributed by atoms with Crippen LogP contribution in [0.15, 0.2) is 24.3 Å². The molecule has 2 aromatic rings. The summed E-state index contributed by atoms with van der Waals surface area (Å²) in [5.41, 5.74) is 1.02. The van der Waals surface area contributed by atoms with Crippen LogP contribution >= 0.6 is 11.6 Å². The zero-order valence-corrected chi connectivity index (χ0v) is 12.1. The van der Waals surface area contributed by atoms with Gasteiger partial charge in [0.05, 0.1) is 0 Å². The second-order valence-electron chi connectivity index (χ2n) is 4.54. The fraction of sp³-hybridized carbons (Fsp3) is 0.385. The molecular weight excluding hydrogens is 278 g/mol. The van der Waals surface area contributed by atoms with Crippen LogP contribution in [-0.4, -0.2) is 26.1 Å². The lowest BCUT2D eigenvalue weighted by Gasteiger charge is -2.11. The number of nitrogens with zero attached hydrogens (tertiary/aromatic N) is 4. The minimum absolute atomic E-state index is 0.116. The maximum atomic E-state index is 12.1. The zero-order chi connectivity index (χ0) is 14.5. The molecular formula is C13H16ClN5O. The zero-order valence-electron chi connectivity index (χ0n) is 11.4. The molecule has 1 unspecified atom stereocenters. The van der Waals surface area contributed by atoms with Crippen LogP contribution in [0.4, 0.5) is 5.95 Å². The lowest BCUT2D eigenvalue weighted by molar-refractivity contribution is -0.119. The molecule has 1 atom stereocenters. The van der Waals surface area contributed by atoms with Gasteiger partial charge in [0.2, 0.25) is 11.9 Å². The second-order valence-corrected chi connectivity index (χ2v) is 4.98. The molecule has 0 bridgehead atoms. The molecule has 6 nitrogen and oxygen atoms in total. The van der Waals surface area contributed by atoms with E-state index < -0.39 is 0 Å². The minimum atomic E-state index is -0.199. The van der Waals surface area contributed by atoms with Crippen molar-refractivity contribution in [1.29, 1.82) is 0 Å². The Morgan fingerprint density at radius 2 is 2.30 bits per heavy atom. The Kier molecular flexibility index (Phi) is 4.68. The van der Waals surface area contributed by atoms with Crippen molar-refractivity contribution in [3.63, 3.8) is 0 Å². The molecule has 1 amide bonds. The van der Waals surface area contributed by atoms with Crippen LogP contribution in [0.5, 0.6) is 0 Å². The van der Waals surface area contributed by atoms with Gasteiger partial charge in [0.1, 0.15) is 0 Å². The first-order chi connectivity index (χ1) is 9.60. The normalized spacial score (nSPS) is 12.2. The highest BCUT2D eigenvalue weighted by atomic mass is 35.5. The smallest absolute Gasteiger partial charge is 0.249 e. The van der Waals surface area contributed by atoms with Crippen LogP contribution in [0.2, 0.25) is 5.02 Å². The van der Waals surface area contributed by atoms with Crippen molar-refractivity contribution in [1.82, 2.24) is 20.2 Å². The Bertz CT molecular complexity index is 598. The van der Waals surface area contributed by atoms with Crippen molar-refractivity contribution in [2.75, 3.05) is 5.32 Å². The Hall–Kier alpha value is -1.95. The summed E-state index contributed by atoms with van der Waals surface area (Å²) in [5, 5.41) is 14.5. The first-order valence-corrected chi connectivity index (χ1v) is 6.79. The predicted molar refractivity (Wildman–Crippen MR) is 76.4 cm³/mol. The number of amides is 1. The number of hydrogen-bond acceptors (Lipinski definition) is 4. The lowest BCUT2D eigenvalue weighted by Crippen LogP contribution is -2.24. The van der Waals surface area contributed by atoms with Crippen LogP contribution in [0.25, 0.3) is 0 Å². The maximum Gasteiger partial charge on any atom is 0.249 e. The highest BCUT2D eigenvalue weighted by Gasteiger charge is 2.16. The van der Waals surface area contributed by atoms with E-state index in [9.17, 15) is 4.79 Å². The van der Waals surface area contributed by atoms with Crippen LogP contribution < -0.4 is 5.32 Å². The number of halogens is 1. The molecule has 0 spiro atoms. The van der Waals surface area contributed by atoms with Gasteiger partial charge in [-0.15, -0.1) is 0 Å². The van der Waals surface area contributed by atoms with Gasteiger partial charge < -0.3 is 0 Å². The van der Waals surface area contributed by atoms with E-state index in [1.807, 2.05) is 38.1 Å². The van der Waals surface area contributed by atoms with E-state index in [4.69, 9.17) is 11.6 Å². The van der Waals surface area contributed by atoms with Gasteiger partial charge in [0, 0.05) is 17.5 Å². The number of nitrogens with one attached hydrogen (secondary N) is 1. The molecule has 1 aromatic heterocycles. The summed E-state index contributed by atoms with van der Waals surface area (Å²) in [7, 11) is 0. The number of aromatic nitrogens is 4. The number of rotatable bonds is 5. The van der Waals surface area contributed by atoms with E-state index >= 15 is 0 Å². The number of carbonyl (C=O) groups excluding carboxylic acids is 1. The van der Waals surface area contributed by atoms with E-state index in [1.54, 1.807) is 0 Å². The Morgan fingerprint density at radius 1 is 1.50 bits per heavy atom. The van der Waals surface area contributed by atoms with Crippen molar-refractivity contribution >= 4 is 23.5 Å². The molecule has 0 aliphatic rings. The van der Waals surface area contributed by atoms with E-state index in [-0.39, 0.29) is 11.8 Å². The average Bonchev–Trinajstić information content (AvgIpc) is 2.85. The van der Waals surface area contributed by atoms with Crippen LogP contribution in [-0.2, 0) is 17.8 Å². The summed E-state index contributed by atoms with van der Waals surface area (Å²) >= 11 is 5.93. The molecule has 0 saturated heterocycles. The van der Waals surface area contributed by atoms with Gasteiger partial charge in [0.25, 0.3) is 0 Å². The minimum Gasteiger partial charge on any atom is -0.293 e. The Labute approximate surface area is 122 Å². The van der Waals surface area contributed by atoms with Crippen LogP contribution in [0.1, 0.15) is 19.4 Å². The van der Waals surface area contributed by atoms with E-state index in [0.29, 0.717) is 23.9 Å². The first kappa shape index (κ1) is 14.5. The van der Waals surface area contributed by atoms with Gasteiger partial charge >= 0.3 is 0 Å². The maximum absolute atomic E-state index is 12.1. The average molecular weight is 294 g/mol. The van der Waals surface area contributed by atoms with Gasteiger partial charge in [-0.3, -0.25) is 10.1 Å². The van der Waals surface area contributed by atoms with Crippen molar-refractivity contribution in [3.8, 4) is 0 Å². The van der Waals surface area contributed by atoms with Gasteiger partial charge in [-0.25, -0.2) is 4.68 Å². The molecule has 106 valence electrons. The molecule has 0 fully saturated rings. The van der Waals surface area contributed by atoms with Crippen molar-refractivity contribution < 1.29 is 4.79 Å². The molecule has 1 heterocycles. The number of anilines is 1. The number of aryl methyl sites for hydroxylation is 1. The third kappa shape index (κ3) is 3.54. The number of hydrogen-bond donors (Lipinski definition) is 1. The molecule has 0 saturated carbocycles. The quantitative estimate of drug-likeness (QED) is 0.917. The Balaban J connectivity index is 1.99. The fourth-order valence-electron chi connectivity index (χ4n) is 1.85. The van der Waals surface area contributed by atoms with Gasteiger partial charge in [-0.05, 0) is 41.5 Å². The van der Waals surface area contributed by atoms with Crippen LogP contribution in [0.3, 0.4) is 0 Å². The number of benzene rings is 1. The highest BCUT2D eigenvalue weighted by Crippen LogP contribution is 2.15. The predicted octanol–water partition coefficient (Wildman–Crippen LogP) is 2.16. The molecule has 0 radical (unpaired) electrons. The molecule has 20 heavy (non-hydrogen) atoms. The van der Waals surface area contributed by atoms with Crippen LogP contribution in [0, 0.1) is 5.92 Å². The highest BCUT2D eigenvalue weighted by molar-refractivity contribution is 6.30. The molecule has 7 heteroatoms. The summed E-state index contributed by atoms with van der Waals surface area (Å²) in [6, 6.07) is 7.50. The third-order valence-electron chi connectivity index (χ3n) is 2.94.